The second-order valence-corrected chi connectivity index (χ2v) is 7.15. The van der Waals surface area contributed by atoms with Crippen LogP contribution in [0.3, 0.4) is 0 Å². The minimum Gasteiger partial charge on any atom is -0.399 e. The van der Waals surface area contributed by atoms with Crippen LogP contribution < -0.4 is 10.5 Å². The standard InChI is InChI=1S/C13H19N3OS/c14-10-4-8-13(9-5-10)18(17,16-12-6-7-12)15-11-2-1-3-11/h4-5,8-9,11-12H,1-3,6-7,14H2,(H,15,16,17). The summed E-state index contributed by atoms with van der Waals surface area (Å²) in [6.45, 7) is 0. The maximum Gasteiger partial charge on any atom is 0.137 e. The largest absolute Gasteiger partial charge is 0.399 e. The molecule has 1 aromatic rings. The lowest BCUT2D eigenvalue weighted by Gasteiger charge is -2.28. The summed E-state index contributed by atoms with van der Waals surface area (Å²) in [5, 5.41) is 0. The van der Waals surface area contributed by atoms with Crippen molar-refractivity contribution in [3.8, 4) is 0 Å². The lowest BCUT2D eigenvalue weighted by Crippen LogP contribution is -2.39. The lowest BCUT2D eigenvalue weighted by atomic mass is 9.94. The fourth-order valence-corrected chi connectivity index (χ4v) is 4.10. The molecule has 0 heterocycles. The summed E-state index contributed by atoms with van der Waals surface area (Å²) in [6.07, 6.45) is 5.56. The summed E-state index contributed by atoms with van der Waals surface area (Å²) in [5.74, 6) is 0. The molecule has 4 nitrogen and oxygen atoms in total. The van der Waals surface area contributed by atoms with E-state index >= 15 is 0 Å². The Kier molecular flexibility index (Phi) is 3.03. The van der Waals surface area contributed by atoms with Gasteiger partial charge in [-0.1, -0.05) is 6.42 Å². The van der Waals surface area contributed by atoms with Crippen LogP contribution in [0.25, 0.3) is 0 Å². The summed E-state index contributed by atoms with van der Waals surface area (Å²) in [5.41, 5.74) is 6.37. The molecule has 0 bridgehead atoms. The van der Waals surface area contributed by atoms with Crippen LogP contribution in [0.1, 0.15) is 32.1 Å². The molecule has 0 saturated heterocycles. The van der Waals surface area contributed by atoms with Crippen LogP contribution in [-0.2, 0) is 9.92 Å². The molecule has 1 unspecified atom stereocenters. The van der Waals surface area contributed by atoms with E-state index in [1.165, 1.54) is 6.42 Å². The van der Waals surface area contributed by atoms with E-state index in [1.54, 1.807) is 12.1 Å². The van der Waals surface area contributed by atoms with Gasteiger partial charge in [-0.2, -0.15) is 0 Å². The first-order chi connectivity index (χ1) is 8.66. The van der Waals surface area contributed by atoms with Crippen LogP contribution in [0.2, 0.25) is 0 Å². The Labute approximate surface area is 108 Å². The van der Waals surface area contributed by atoms with E-state index in [4.69, 9.17) is 5.73 Å². The minimum atomic E-state index is -2.46. The number of anilines is 1. The molecule has 18 heavy (non-hydrogen) atoms. The zero-order valence-corrected chi connectivity index (χ0v) is 11.2. The Morgan fingerprint density at radius 1 is 1.17 bits per heavy atom. The topological polar surface area (TPSA) is 67.5 Å². The third kappa shape index (κ3) is 2.52. The van der Waals surface area contributed by atoms with Crippen molar-refractivity contribution in [2.24, 2.45) is 4.36 Å². The molecule has 3 N–H and O–H groups in total. The monoisotopic (exact) mass is 265 g/mol. The second kappa shape index (κ2) is 4.55. The van der Waals surface area contributed by atoms with Crippen molar-refractivity contribution >= 4 is 15.6 Å². The summed E-state index contributed by atoms with van der Waals surface area (Å²) in [7, 11) is -2.46. The lowest BCUT2D eigenvalue weighted by molar-refractivity contribution is 0.389. The van der Waals surface area contributed by atoms with Gasteiger partial charge in [-0.3, -0.25) is 0 Å². The molecular weight excluding hydrogens is 246 g/mol. The number of nitrogen functional groups attached to an aromatic ring is 1. The Balaban J connectivity index is 1.93. The highest BCUT2D eigenvalue weighted by molar-refractivity contribution is 7.91. The quantitative estimate of drug-likeness (QED) is 0.820. The number of nitrogens with one attached hydrogen (secondary N) is 1. The van der Waals surface area contributed by atoms with Crippen LogP contribution >= 0.6 is 0 Å². The molecule has 0 aromatic heterocycles. The van der Waals surface area contributed by atoms with Crippen molar-refractivity contribution in [1.82, 2.24) is 4.72 Å². The van der Waals surface area contributed by atoms with Gasteiger partial charge < -0.3 is 5.73 Å². The van der Waals surface area contributed by atoms with Crippen LogP contribution in [0.4, 0.5) is 5.69 Å². The molecule has 2 fully saturated rings. The fraction of sp³-hybridized carbons (Fsp3) is 0.538. The molecule has 98 valence electrons. The number of benzene rings is 1. The minimum absolute atomic E-state index is 0.280. The Morgan fingerprint density at radius 3 is 2.33 bits per heavy atom. The van der Waals surface area contributed by atoms with Crippen molar-refractivity contribution in [2.75, 3.05) is 5.73 Å². The Hall–Kier alpha value is -1.07. The second-order valence-electron chi connectivity index (χ2n) is 5.18. The molecule has 2 aliphatic carbocycles. The maximum atomic E-state index is 13.0. The van der Waals surface area contributed by atoms with E-state index < -0.39 is 9.92 Å². The van der Waals surface area contributed by atoms with Crippen molar-refractivity contribution in [2.45, 2.75) is 49.1 Å². The van der Waals surface area contributed by atoms with Crippen molar-refractivity contribution in [3.63, 3.8) is 0 Å². The summed E-state index contributed by atoms with van der Waals surface area (Å²) < 4.78 is 20.8. The van der Waals surface area contributed by atoms with E-state index in [-0.39, 0.29) is 6.04 Å². The molecule has 0 amide bonds. The van der Waals surface area contributed by atoms with Gasteiger partial charge in [0.15, 0.2) is 0 Å². The average molecular weight is 265 g/mol. The maximum absolute atomic E-state index is 13.0. The first-order valence-electron chi connectivity index (χ1n) is 6.55. The highest BCUT2D eigenvalue weighted by atomic mass is 32.2. The molecule has 2 saturated carbocycles. The van der Waals surface area contributed by atoms with E-state index in [2.05, 4.69) is 9.08 Å². The van der Waals surface area contributed by atoms with Gasteiger partial charge >= 0.3 is 0 Å². The Bertz CT molecular complexity index is 538. The summed E-state index contributed by atoms with van der Waals surface area (Å²) in [4.78, 5) is 0.760. The van der Waals surface area contributed by atoms with Gasteiger partial charge in [-0.15, -0.1) is 0 Å². The van der Waals surface area contributed by atoms with Crippen molar-refractivity contribution in [1.29, 1.82) is 0 Å². The van der Waals surface area contributed by atoms with Crippen LogP contribution in [0, 0.1) is 0 Å². The van der Waals surface area contributed by atoms with Gasteiger partial charge in [-0.25, -0.2) is 13.3 Å². The zero-order chi connectivity index (χ0) is 12.6. The van der Waals surface area contributed by atoms with Gasteiger partial charge in [0.2, 0.25) is 0 Å². The van der Waals surface area contributed by atoms with Crippen molar-refractivity contribution in [3.05, 3.63) is 24.3 Å². The van der Waals surface area contributed by atoms with Crippen LogP contribution in [-0.4, -0.2) is 16.3 Å². The molecular formula is C13H19N3OS. The van der Waals surface area contributed by atoms with Crippen LogP contribution in [0.5, 0.6) is 0 Å². The van der Waals surface area contributed by atoms with E-state index in [1.807, 2.05) is 12.1 Å². The number of hydrogen-bond donors (Lipinski definition) is 2. The fourth-order valence-electron chi connectivity index (χ4n) is 1.95. The summed E-state index contributed by atoms with van der Waals surface area (Å²) >= 11 is 0. The molecule has 0 aliphatic heterocycles. The SMILES string of the molecule is Nc1ccc(S(=O)(=NC2CC2)NC2CCC2)cc1. The van der Waals surface area contributed by atoms with E-state index in [0.717, 1.165) is 30.6 Å². The highest BCUT2D eigenvalue weighted by Gasteiger charge is 2.28. The third-order valence-electron chi connectivity index (χ3n) is 3.48. The smallest absolute Gasteiger partial charge is 0.137 e. The normalized spacial score (nSPS) is 23.1. The van der Waals surface area contributed by atoms with Gasteiger partial charge in [0.1, 0.15) is 9.92 Å². The number of rotatable bonds is 4. The molecule has 2 aliphatic rings. The highest BCUT2D eigenvalue weighted by Crippen LogP contribution is 2.29. The van der Waals surface area contributed by atoms with Gasteiger partial charge in [-0.05, 0) is 49.9 Å². The van der Waals surface area contributed by atoms with Gasteiger partial charge in [0.05, 0.1) is 10.9 Å². The van der Waals surface area contributed by atoms with Gasteiger partial charge in [0, 0.05) is 11.7 Å². The number of nitrogens with zero attached hydrogens (tertiary/aromatic N) is 1. The third-order valence-corrected chi connectivity index (χ3v) is 5.63. The molecule has 1 atom stereocenters. The van der Waals surface area contributed by atoms with Gasteiger partial charge in [0.25, 0.3) is 0 Å². The molecule has 3 rings (SSSR count). The van der Waals surface area contributed by atoms with Crippen molar-refractivity contribution < 1.29 is 4.21 Å². The predicted molar refractivity (Wildman–Crippen MR) is 73.5 cm³/mol. The average Bonchev–Trinajstić information content (AvgIpc) is 3.08. The molecule has 1 aromatic carbocycles. The molecule has 0 spiro atoms. The Morgan fingerprint density at radius 2 is 1.83 bits per heavy atom. The summed E-state index contributed by atoms with van der Waals surface area (Å²) in [6, 6.07) is 7.88. The zero-order valence-electron chi connectivity index (χ0n) is 10.3. The number of hydrogen-bond acceptors (Lipinski definition) is 3. The predicted octanol–water partition coefficient (Wildman–Crippen LogP) is 2.32. The van der Waals surface area contributed by atoms with E-state index in [9.17, 15) is 4.21 Å². The number of nitrogens with two attached hydrogens (primary N) is 1. The molecule has 5 heteroatoms. The van der Waals surface area contributed by atoms with Crippen LogP contribution in [0.15, 0.2) is 33.5 Å². The molecule has 0 radical (unpaired) electrons. The van der Waals surface area contributed by atoms with E-state index in [0.29, 0.717) is 11.7 Å². The first-order valence-corrected chi connectivity index (χ1v) is 8.06. The first kappa shape index (κ1) is 12.0.